The highest BCUT2D eigenvalue weighted by molar-refractivity contribution is 9.10. The largest absolute Gasteiger partial charge is 0.482 e. The number of aromatic carboxylic acids is 1. The Hall–Kier alpha value is -2.60. The molecular formula is C19H16BrNO4. The maximum Gasteiger partial charge on any atom is 0.337 e. The van der Waals surface area contributed by atoms with Gasteiger partial charge < -0.3 is 9.84 Å². The lowest BCUT2D eigenvalue weighted by Crippen LogP contribution is -2.19. The third-order valence-electron chi connectivity index (χ3n) is 3.92. The fourth-order valence-electron chi connectivity index (χ4n) is 2.85. The molecule has 0 aliphatic heterocycles. The highest BCUT2D eigenvalue weighted by Crippen LogP contribution is 2.30. The lowest BCUT2D eigenvalue weighted by Gasteiger charge is -2.12. The van der Waals surface area contributed by atoms with Crippen LogP contribution in [0, 0.1) is 13.8 Å². The Morgan fingerprint density at radius 3 is 2.60 bits per heavy atom. The van der Waals surface area contributed by atoms with Gasteiger partial charge in [0.15, 0.2) is 6.61 Å². The number of hydrogen-bond donors (Lipinski definition) is 1. The van der Waals surface area contributed by atoms with Crippen molar-refractivity contribution < 1.29 is 19.4 Å². The summed E-state index contributed by atoms with van der Waals surface area (Å²) < 4.78 is 7.80. The third kappa shape index (κ3) is 3.30. The van der Waals surface area contributed by atoms with E-state index in [-0.39, 0.29) is 18.1 Å². The number of para-hydroxylation sites is 1. The molecule has 6 heteroatoms. The molecule has 0 saturated heterocycles. The maximum absolute atomic E-state index is 12.6. The van der Waals surface area contributed by atoms with E-state index in [1.165, 1.54) is 10.8 Å². The molecule has 128 valence electrons. The average molecular weight is 402 g/mol. The number of aryl methyl sites for hydroxylation is 2. The molecule has 0 fully saturated rings. The van der Waals surface area contributed by atoms with E-state index in [1.807, 2.05) is 26.0 Å². The molecular weight excluding hydrogens is 386 g/mol. The normalized spacial score (nSPS) is 10.8. The molecule has 25 heavy (non-hydrogen) atoms. The highest BCUT2D eigenvalue weighted by atomic mass is 79.9. The maximum atomic E-state index is 12.6. The summed E-state index contributed by atoms with van der Waals surface area (Å²) in [6, 6.07) is 10.8. The Morgan fingerprint density at radius 2 is 1.92 bits per heavy atom. The Morgan fingerprint density at radius 1 is 1.20 bits per heavy atom. The predicted molar refractivity (Wildman–Crippen MR) is 98.6 cm³/mol. The van der Waals surface area contributed by atoms with Gasteiger partial charge in [0.1, 0.15) is 5.75 Å². The van der Waals surface area contributed by atoms with Gasteiger partial charge in [-0.2, -0.15) is 0 Å². The number of benzene rings is 2. The van der Waals surface area contributed by atoms with Crippen molar-refractivity contribution in [1.29, 1.82) is 0 Å². The molecule has 0 amide bonds. The molecule has 0 aliphatic carbocycles. The molecule has 0 radical (unpaired) electrons. The molecule has 0 aliphatic rings. The fraction of sp³-hybridized carbons (Fsp3) is 0.158. The topological polar surface area (TPSA) is 68.5 Å². The van der Waals surface area contributed by atoms with Gasteiger partial charge >= 0.3 is 5.97 Å². The number of nitrogens with zero attached hydrogens (tertiary/aromatic N) is 1. The second kappa shape index (κ2) is 6.72. The second-order valence-electron chi connectivity index (χ2n) is 5.81. The van der Waals surface area contributed by atoms with Crippen LogP contribution in [0.3, 0.4) is 0 Å². The van der Waals surface area contributed by atoms with Crippen LogP contribution in [0.4, 0.5) is 0 Å². The number of rotatable bonds is 4. The van der Waals surface area contributed by atoms with Gasteiger partial charge in [-0.15, -0.1) is 0 Å². The molecule has 0 bridgehead atoms. The van der Waals surface area contributed by atoms with Crippen LogP contribution in [0.1, 0.15) is 26.3 Å². The Labute approximate surface area is 153 Å². The first-order valence-electron chi connectivity index (χ1n) is 7.64. The van der Waals surface area contributed by atoms with Crippen molar-refractivity contribution in [2.24, 2.45) is 0 Å². The van der Waals surface area contributed by atoms with E-state index in [0.29, 0.717) is 16.7 Å². The van der Waals surface area contributed by atoms with Crippen molar-refractivity contribution >= 4 is 38.7 Å². The molecule has 3 rings (SSSR count). The minimum absolute atomic E-state index is 0.0941. The smallest absolute Gasteiger partial charge is 0.337 e. The van der Waals surface area contributed by atoms with E-state index in [1.54, 1.807) is 24.3 Å². The zero-order valence-corrected chi connectivity index (χ0v) is 15.3. The summed E-state index contributed by atoms with van der Waals surface area (Å²) in [5, 5.41) is 9.85. The minimum atomic E-state index is -1.07. The molecule has 1 aromatic heterocycles. The number of carbonyl (C=O) groups is 2. The van der Waals surface area contributed by atoms with Gasteiger partial charge in [0.05, 0.1) is 15.6 Å². The first-order valence-corrected chi connectivity index (χ1v) is 8.44. The van der Waals surface area contributed by atoms with Crippen LogP contribution in [-0.2, 0) is 0 Å². The zero-order chi connectivity index (χ0) is 18.1. The molecule has 0 atom stereocenters. The van der Waals surface area contributed by atoms with Crippen LogP contribution in [0.2, 0.25) is 0 Å². The third-order valence-corrected chi connectivity index (χ3v) is 4.51. The minimum Gasteiger partial charge on any atom is -0.482 e. The lowest BCUT2D eigenvalue weighted by molar-refractivity contribution is 0.0699. The van der Waals surface area contributed by atoms with Crippen LogP contribution < -0.4 is 4.74 Å². The van der Waals surface area contributed by atoms with E-state index in [4.69, 9.17) is 4.74 Å². The highest BCUT2D eigenvalue weighted by Gasteiger charge is 2.18. The quantitative estimate of drug-likeness (QED) is 0.701. The lowest BCUT2D eigenvalue weighted by atomic mass is 10.1. The summed E-state index contributed by atoms with van der Waals surface area (Å²) >= 11 is 3.45. The van der Waals surface area contributed by atoms with Crippen LogP contribution in [0.15, 0.2) is 47.1 Å². The van der Waals surface area contributed by atoms with Crippen molar-refractivity contribution in [2.75, 3.05) is 6.61 Å². The first kappa shape index (κ1) is 17.2. The van der Waals surface area contributed by atoms with Gasteiger partial charge in [-0.1, -0.05) is 24.3 Å². The summed E-state index contributed by atoms with van der Waals surface area (Å²) in [4.78, 5) is 24.0. The summed E-state index contributed by atoms with van der Waals surface area (Å²) in [6.45, 7) is 3.69. The van der Waals surface area contributed by atoms with Crippen LogP contribution in [-0.4, -0.2) is 28.2 Å². The molecule has 2 aromatic carbocycles. The second-order valence-corrected chi connectivity index (χ2v) is 6.66. The zero-order valence-electron chi connectivity index (χ0n) is 13.7. The average Bonchev–Trinajstić information content (AvgIpc) is 2.93. The molecule has 0 saturated carbocycles. The molecule has 0 unspecified atom stereocenters. The number of halogens is 1. The standard InChI is InChI=1S/C19H16BrNO4/c1-11-7-12(2)18(15(20)8-11)25-10-17(22)21-9-14(19(23)24)13-5-3-4-6-16(13)21/h3-9H,10H2,1-2H3,(H,23,24). The van der Waals surface area contributed by atoms with Crippen LogP contribution in [0.25, 0.3) is 10.9 Å². The number of carbonyl (C=O) groups excluding carboxylic acids is 1. The summed E-state index contributed by atoms with van der Waals surface area (Å²) in [7, 11) is 0. The molecule has 5 nitrogen and oxygen atoms in total. The number of aromatic nitrogens is 1. The Bertz CT molecular complexity index is 967. The fourth-order valence-corrected chi connectivity index (χ4v) is 3.63. The van der Waals surface area contributed by atoms with Crippen molar-refractivity contribution in [3.63, 3.8) is 0 Å². The van der Waals surface area contributed by atoms with Gasteiger partial charge in [0.25, 0.3) is 5.91 Å². The van der Waals surface area contributed by atoms with E-state index in [0.717, 1.165) is 15.6 Å². The van der Waals surface area contributed by atoms with Gasteiger partial charge in [0.2, 0.25) is 0 Å². The van der Waals surface area contributed by atoms with Crippen molar-refractivity contribution in [2.45, 2.75) is 13.8 Å². The first-order chi connectivity index (χ1) is 11.9. The van der Waals surface area contributed by atoms with Gasteiger partial charge in [-0.3, -0.25) is 9.36 Å². The van der Waals surface area contributed by atoms with E-state index in [2.05, 4.69) is 15.9 Å². The molecule has 3 aromatic rings. The van der Waals surface area contributed by atoms with Gasteiger partial charge in [-0.25, -0.2) is 4.79 Å². The van der Waals surface area contributed by atoms with Crippen molar-refractivity contribution in [3.05, 3.63) is 63.8 Å². The molecule has 1 heterocycles. The summed E-state index contributed by atoms with van der Waals surface area (Å²) in [6.07, 6.45) is 1.34. The SMILES string of the molecule is Cc1cc(C)c(OCC(=O)n2cc(C(=O)O)c3ccccc32)c(Br)c1. The monoisotopic (exact) mass is 401 g/mol. The number of fused-ring (bicyclic) bond motifs is 1. The molecule has 0 spiro atoms. The summed E-state index contributed by atoms with van der Waals surface area (Å²) in [5.74, 6) is -0.801. The van der Waals surface area contributed by atoms with Gasteiger partial charge in [-0.05, 0) is 53.0 Å². The van der Waals surface area contributed by atoms with E-state index >= 15 is 0 Å². The van der Waals surface area contributed by atoms with Crippen LogP contribution in [0.5, 0.6) is 5.75 Å². The van der Waals surface area contributed by atoms with Crippen LogP contribution >= 0.6 is 15.9 Å². The van der Waals surface area contributed by atoms with Crippen molar-refractivity contribution in [1.82, 2.24) is 4.57 Å². The van der Waals surface area contributed by atoms with Gasteiger partial charge in [0, 0.05) is 11.6 Å². The number of ether oxygens (including phenoxy) is 1. The molecule has 1 N–H and O–H groups in total. The van der Waals surface area contributed by atoms with Crippen molar-refractivity contribution in [3.8, 4) is 5.75 Å². The number of carboxylic acids is 1. The number of carboxylic acid groups (broad SMARTS) is 1. The Kier molecular flexibility index (Phi) is 4.63. The predicted octanol–water partition coefficient (Wildman–Crippen LogP) is 4.44. The van der Waals surface area contributed by atoms with E-state index in [9.17, 15) is 14.7 Å². The summed E-state index contributed by atoms with van der Waals surface area (Å²) in [5.41, 5.74) is 2.65. The Balaban J connectivity index is 1.90. The van der Waals surface area contributed by atoms with E-state index < -0.39 is 5.97 Å². The number of hydrogen-bond acceptors (Lipinski definition) is 3.